The third kappa shape index (κ3) is 3.31. The molecule has 1 unspecified atom stereocenters. The van der Waals surface area contributed by atoms with Gasteiger partial charge in [0.15, 0.2) is 0 Å². The molecule has 1 atom stereocenters. The fourth-order valence-corrected chi connectivity index (χ4v) is 2.21. The summed E-state index contributed by atoms with van der Waals surface area (Å²) in [4.78, 5) is 0. The molecule has 1 fully saturated rings. The Labute approximate surface area is 97.1 Å². The zero-order valence-corrected chi connectivity index (χ0v) is 9.88. The molecule has 16 heavy (non-hydrogen) atoms. The van der Waals surface area contributed by atoms with Gasteiger partial charge in [0.2, 0.25) is 0 Å². The monoisotopic (exact) mass is 221 g/mol. The first kappa shape index (κ1) is 11.6. The zero-order chi connectivity index (χ0) is 11.4. The van der Waals surface area contributed by atoms with Crippen molar-refractivity contribution in [2.24, 2.45) is 5.92 Å². The van der Waals surface area contributed by atoms with Crippen molar-refractivity contribution in [3.63, 3.8) is 0 Å². The van der Waals surface area contributed by atoms with Crippen molar-refractivity contribution in [1.82, 2.24) is 5.32 Å². The van der Waals surface area contributed by atoms with E-state index in [1.54, 1.807) is 12.1 Å². The first-order valence-corrected chi connectivity index (χ1v) is 6.26. The molecule has 1 aliphatic carbocycles. The van der Waals surface area contributed by atoms with Crippen LogP contribution in [-0.2, 0) is 6.42 Å². The van der Waals surface area contributed by atoms with Gasteiger partial charge in [-0.15, -0.1) is 0 Å². The molecule has 1 aliphatic rings. The lowest BCUT2D eigenvalue weighted by atomic mass is 10.0. The fraction of sp³-hybridized carbons (Fsp3) is 0.571. The lowest BCUT2D eigenvalue weighted by Crippen LogP contribution is -2.31. The Morgan fingerprint density at radius 2 is 2.12 bits per heavy atom. The van der Waals surface area contributed by atoms with E-state index in [1.807, 2.05) is 12.1 Å². The molecule has 1 aromatic carbocycles. The quantitative estimate of drug-likeness (QED) is 0.778. The predicted octanol–water partition coefficient (Wildman–Crippen LogP) is 3.15. The van der Waals surface area contributed by atoms with Crippen LogP contribution < -0.4 is 5.32 Å². The Kier molecular flexibility index (Phi) is 3.94. The summed E-state index contributed by atoms with van der Waals surface area (Å²) in [5, 5.41) is 3.46. The summed E-state index contributed by atoms with van der Waals surface area (Å²) in [5.74, 6) is 0.817. The van der Waals surface area contributed by atoms with E-state index in [0.29, 0.717) is 6.04 Å². The van der Waals surface area contributed by atoms with E-state index in [4.69, 9.17) is 0 Å². The van der Waals surface area contributed by atoms with Crippen molar-refractivity contribution in [3.8, 4) is 0 Å². The van der Waals surface area contributed by atoms with Gasteiger partial charge in [-0.2, -0.15) is 0 Å². The van der Waals surface area contributed by atoms with Crippen LogP contribution in [0, 0.1) is 11.7 Å². The molecule has 2 heteroatoms. The van der Waals surface area contributed by atoms with Crippen molar-refractivity contribution in [2.75, 3.05) is 6.54 Å². The van der Waals surface area contributed by atoms with Gasteiger partial charge >= 0.3 is 0 Å². The number of hydrogen-bond donors (Lipinski definition) is 1. The Bertz CT molecular complexity index is 333. The van der Waals surface area contributed by atoms with Gasteiger partial charge < -0.3 is 5.32 Å². The van der Waals surface area contributed by atoms with E-state index in [1.165, 1.54) is 19.3 Å². The van der Waals surface area contributed by atoms with E-state index in [-0.39, 0.29) is 5.82 Å². The molecule has 0 spiro atoms. The van der Waals surface area contributed by atoms with Crippen LogP contribution in [-0.4, -0.2) is 12.6 Å². The molecule has 0 saturated heterocycles. The van der Waals surface area contributed by atoms with Crippen molar-refractivity contribution >= 4 is 0 Å². The maximum Gasteiger partial charge on any atom is 0.126 e. The molecule has 0 heterocycles. The normalized spacial score (nSPS) is 17.4. The highest BCUT2D eigenvalue weighted by Gasteiger charge is 2.25. The number of nitrogens with one attached hydrogen (secondary N) is 1. The second kappa shape index (κ2) is 5.44. The Morgan fingerprint density at radius 1 is 1.38 bits per heavy atom. The van der Waals surface area contributed by atoms with E-state index < -0.39 is 0 Å². The van der Waals surface area contributed by atoms with Crippen LogP contribution in [0.1, 0.15) is 31.7 Å². The van der Waals surface area contributed by atoms with Crippen LogP contribution in [0.4, 0.5) is 4.39 Å². The summed E-state index contributed by atoms with van der Waals surface area (Å²) in [6.45, 7) is 3.08. The minimum absolute atomic E-state index is 0.0683. The van der Waals surface area contributed by atoms with Gasteiger partial charge in [-0.25, -0.2) is 4.39 Å². The van der Waals surface area contributed by atoms with Crippen molar-refractivity contribution in [2.45, 2.75) is 38.6 Å². The van der Waals surface area contributed by atoms with Gasteiger partial charge in [0.1, 0.15) is 5.82 Å². The molecular weight excluding hydrogens is 201 g/mol. The molecule has 0 aliphatic heterocycles. The highest BCUT2D eigenvalue weighted by molar-refractivity contribution is 5.18. The Hall–Kier alpha value is -0.890. The summed E-state index contributed by atoms with van der Waals surface area (Å²) in [7, 11) is 0. The second-order valence-electron chi connectivity index (χ2n) is 4.73. The molecule has 1 nitrogen and oxygen atoms in total. The molecule has 1 N–H and O–H groups in total. The molecule has 0 amide bonds. The summed E-state index contributed by atoms with van der Waals surface area (Å²) >= 11 is 0. The topological polar surface area (TPSA) is 12.0 Å². The standard InChI is InChI=1S/C14H20FN/c1-2-16-13(9-11-7-8-11)10-12-5-3-4-6-14(12)15/h3-6,11,13,16H,2,7-10H2,1H3. The molecule has 88 valence electrons. The van der Waals surface area contributed by atoms with E-state index in [0.717, 1.165) is 24.4 Å². The number of hydrogen-bond acceptors (Lipinski definition) is 1. The van der Waals surface area contributed by atoms with Crippen molar-refractivity contribution in [3.05, 3.63) is 35.6 Å². The van der Waals surface area contributed by atoms with E-state index in [2.05, 4.69) is 12.2 Å². The number of halogens is 1. The lowest BCUT2D eigenvalue weighted by molar-refractivity contribution is 0.457. The summed E-state index contributed by atoms with van der Waals surface area (Å²) in [5.41, 5.74) is 0.842. The minimum atomic E-state index is -0.0683. The number of benzene rings is 1. The van der Waals surface area contributed by atoms with E-state index >= 15 is 0 Å². The van der Waals surface area contributed by atoms with Gasteiger partial charge in [-0.1, -0.05) is 38.0 Å². The van der Waals surface area contributed by atoms with Gasteiger partial charge in [0.25, 0.3) is 0 Å². The van der Waals surface area contributed by atoms with Crippen LogP contribution >= 0.6 is 0 Å². The summed E-state index contributed by atoms with van der Waals surface area (Å²) in [6, 6.07) is 7.55. The van der Waals surface area contributed by atoms with Crippen molar-refractivity contribution in [1.29, 1.82) is 0 Å². The first-order valence-electron chi connectivity index (χ1n) is 6.26. The highest BCUT2D eigenvalue weighted by Crippen LogP contribution is 2.34. The second-order valence-corrected chi connectivity index (χ2v) is 4.73. The van der Waals surface area contributed by atoms with Crippen LogP contribution in [0.15, 0.2) is 24.3 Å². The third-order valence-electron chi connectivity index (χ3n) is 3.23. The zero-order valence-electron chi connectivity index (χ0n) is 9.88. The van der Waals surface area contributed by atoms with E-state index in [9.17, 15) is 4.39 Å². The van der Waals surface area contributed by atoms with Gasteiger partial charge in [-0.05, 0) is 36.9 Å². The van der Waals surface area contributed by atoms with Gasteiger partial charge in [0.05, 0.1) is 0 Å². The highest BCUT2D eigenvalue weighted by atomic mass is 19.1. The van der Waals surface area contributed by atoms with Crippen molar-refractivity contribution < 1.29 is 4.39 Å². The molecule has 0 radical (unpaired) electrons. The molecule has 1 saturated carbocycles. The van der Waals surface area contributed by atoms with Crippen LogP contribution in [0.5, 0.6) is 0 Å². The average Bonchev–Trinajstić information content (AvgIpc) is 3.06. The predicted molar refractivity (Wildman–Crippen MR) is 64.9 cm³/mol. The smallest absolute Gasteiger partial charge is 0.126 e. The fourth-order valence-electron chi connectivity index (χ4n) is 2.21. The molecule has 0 aromatic heterocycles. The first-order chi connectivity index (χ1) is 7.79. The van der Waals surface area contributed by atoms with Crippen LogP contribution in [0.25, 0.3) is 0 Å². The maximum atomic E-state index is 13.5. The Balaban J connectivity index is 1.95. The largest absolute Gasteiger partial charge is 0.314 e. The molecular formula is C14H20FN. The minimum Gasteiger partial charge on any atom is -0.314 e. The van der Waals surface area contributed by atoms with Gasteiger partial charge in [0, 0.05) is 6.04 Å². The molecule has 2 rings (SSSR count). The summed E-state index contributed by atoms with van der Waals surface area (Å²) < 4.78 is 13.5. The molecule has 1 aromatic rings. The summed E-state index contributed by atoms with van der Waals surface area (Å²) in [6.07, 6.45) is 4.73. The Morgan fingerprint density at radius 3 is 2.75 bits per heavy atom. The van der Waals surface area contributed by atoms with Crippen LogP contribution in [0.3, 0.4) is 0 Å². The maximum absolute atomic E-state index is 13.5. The third-order valence-corrected chi connectivity index (χ3v) is 3.23. The molecule has 0 bridgehead atoms. The average molecular weight is 221 g/mol. The number of likely N-dealkylation sites (N-methyl/N-ethyl adjacent to an activating group) is 1. The number of rotatable bonds is 6. The van der Waals surface area contributed by atoms with Crippen LogP contribution in [0.2, 0.25) is 0 Å². The SMILES string of the molecule is CCNC(Cc1ccccc1F)CC1CC1. The lowest BCUT2D eigenvalue weighted by Gasteiger charge is -2.17. The van der Waals surface area contributed by atoms with Gasteiger partial charge in [-0.3, -0.25) is 0 Å².